The van der Waals surface area contributed by atoms with Crippen LogP contribution in [0.5, 0.6) is 0 Å². The minimum absolute atomic E-state index is 0.0823. The predicted molar refractivity (Wildman–Crippen MR) is 262 cm³/mol. The molecule has 1 fully saturated rings. The molecule has 380 valence electrons. The highest BCUT2D eigenvalue weighted by Crippen LogP contribution is 2.47. The lowest BCUT2D eigenvalue weighted by molar-refractivity contribution is -0.220. The van der Waals surface area contributed by atoms with Gasteiger partial charge in [0.15, 0.2) is 0 Å². The third kappa shape index (κ3) is 34.3. The number of hydrogen-bond acceptors (Lipinski definition) is 11. The Labute approximate surface area is 395 Å². The summed E-state index contributed by atoms with van der Waals surface area (Å²) in [6, 6.07) is 0. The van der Waals surface area contributed by atoms with E-state index in [1.807, 2.05) is 0 Å². The van der Waals surface area contributed by atoms with Gasteiger partial charge in [-0.1, -0.05) is 178 Å². The summed E-state index contributed by atoms with van der Waals surface area (Å²) in [6.07, 6.45) is 40.2. The second-order valence-corrected chi connectivity index (χ2v) is 19.4. The Morgan fingerprint density at radius 3 is 1.32 bits per heavy atom. The number of phosphoric acid groups is 1. The fourth-order valence-corrected chi connectivity index (χ4v) is 8.74. The van der Waals surface area contributed by atoms with Crippen molar-refractivity contribution in [3.05, 3.63) is 48.6 Å². The third-order valence-electron chi connectivity index (χ3n) is 11.9. The van der Waals surface area contributed by atoms with Crippen LogP contribution in [0.15, 0.2) is 48.6 Å². The van der Waals surface area contributed by atoms with Gasteiger partial charge in [0.2, 0.25) is 0 Å². The van der Waals surface area contributed by atoms with E-state index in [9.17, 15) is 39.8 Å². The molecule has 0 spiro atoms. The second kappa shape index (κ2) is 42.4. The van der Waals surface area contributed by atoms with Gasteiger partial charge < -0.3 is 39.9 Å². The molecular formula is C52H95O12P. The molecule has 1 saturated carbocycles. The summed E-state index contributed by atoms with van der Waals surface area (Å²) in [5.41, 5.74) is 0. The van der Waals surface area contributed by atoms with E-state index in [-0.39, 0.29) is 13.0 Å². The van der Waals surface area contributed by atoms with Crippen LogP contribution in [0.4, 0.5) is 0 Å². The molecule has 0 aromatic carbocycles. The molecule has 0 heterocycles. The standard InChI is InChI=1S/C52H95O12P/c1-3-5-7-9-11-13-15-17-19-21-23-24-26-28-30-32-34-36-38-40-42-61-43-45(44-62-65(59,60)64-52-50(57)48(55)47(54)49(56)51(52)58)63-46(53)41-39-37-35-33-31-29-27-25-22-20-18-16-14-12-10-8-6-4-2/h11,13-14,16-17,19-20,22,45,47-52,54-58H,3-10,12,15,18,21,23-44H2,1-2H3,(H,59,60)/b13-11-,16-14-,19-17-,22-20-. The lowest BCUT2D eigenvalue weighted by Gasteiger charge is -2.41. The van der Waals surface area contributed by atoms with Gasteiger partial charge in [-0.25, -0.2) is 4.57 Å². The fraction of sp³-hybridized carbons (Fsp3) is 0.827. The minimum Gasteiger partial charge on any atom is -0.457 e. The molecule has 0 aromatic rings. The van der Waals surface area contributed by atoms with Crippen LogP contribution < -0.4 is 0 Å². The van der Waals surface area contributed by atoms with Crippen LogP contribution >= 0.6 is 7.82 Å². The molecule has 0 bridgehead atoms. The summed E-state index contributed by atoms with van der Waals surface area (Å²) in [4.78, 5) is 23.2. The van der Waals surface area contributed by atoms with E-state index in [0.29, 0.717) is 13.0 Å². The molecule has 0 aromatic heterocycles. The summed E-state index contributed by atoms with van der Waals surface area (Å²) < 4.78 is 34.3. The van der Waals surface area contributed by atoms with Gasteiger partial charge in [-0.15, -0.1) is 0 Å². The van der Waals surface area contributed by atoms with Crippen LogP contribution in [0.3, 0.4) is 0 Å². The summed E-state index contributed by atoms with van der Waals surface area (Å²) in [7, 11) is -5.03. The zero-order valence-corrected chi connectivity index (χ0v) is 41.7. The lowest BCUT2D eigenvalue weighted by Crippen LogP contribution is -2.64. The molecule has 6 atom stereocenters. The normalized spacial score (nSPS) is 21.9. The van der Waals surface area contributed by atoms with Gasteiger partial charge in [0.05, 0.1) is 13.2 Å². The summed E-state index contributed by atoms with van der Waals surface area (Å²) in [5, 5.41) is 50.3. The number of esters is 1. The highest BCUT2D eigenvalue weighted by molar-refractivity contribution is 7.47. The van der Waals surface area contributed by atoms with Crippen molar-refractivity contribution in [1.29, 1.82) is 0 Å². The number of aliphatic hydroxyl groups excluding tert-OH is 5. The van der Waals surface area contributed by atoms with Gasteiger partial charge >= 0.3 is 13.8 Å². The number of phosphoric ester groups is 1. The average molecular weight is 943 g/mol. The van der Waals surface area contributed by atoms with Gasteiger partial charge in [0.1, 0.15) is 42.7 Å². The van der Waals surface area contributed by atoms with Crippen molar-refractivity contribution in [2.45, 2.75) is 256 Å². The van der Waals surface area contributed by atoms with Gasteiger partial charge in [0.25, 0.3) is 0 Å². The van der Waals surface area contributed by atoms with Crippen molar-refractivity contribution in [2.75, 3.05) is 19.8 Å². The molecule has 0 saturated heterocycles. The Kier molecular flexibility index (Phi) is 40.0. The first-order valence-corrected chi connectivity index (χ1v) is 27.5. The van der Waals surface area contributed by atoms with Crippen LogP contribution in [0.25, 0.3) is 0 Å². The summed E-state index contributed by atoms with van der Waals surface area (Å²) >= 11 is 0. The van der Waals surface area contributed by atoms with E-state index in [0.717, 1.165) is 70.6 Å². The Morgan fingerprint density at radius 1 is 0.492 bits per heavy atom. The molecule has 1 rings (SSSR count). The molecule has 0 amide bonds. The zero-order valence-electron chi connectivity index (χ0n) is 40.8. The highest BCUT2D eigenvalue weighted by atomic mass is 31.2. The third-order valence-corrected chi connectivity index (χ3v) is 12.9. The maximum atomic E-state index is 12.9. The van der Waals surface area contributed by atoms with Crippen LogP contribution in [-0.2, 0) is 27.9 Å². The summed E-state index contributed by atoms with van der Waals surface area (Å²) in [5.74, 6) is -0.485. The van der Waals surface area contributed by atoms with Gasteiger partial charge in [0, 0.05) is 13.0 Å². The maximum Gasteiger partial charge on any atom is 0.472 e. The topological polar surface area (TPSA) is 192 Å². The van der Waals surface area contributed by atoms with Crippen LogP contribution in [0.1, 0.15) is 213 Å². The molecule has 12 nitrogen and oxygen atoms in total. The lowest BCUT2D eigenvalue weighted by atomic mass is 9.85. The Hall–Kier alpha value is -1.70. The van der Waals surface area contributed by atoms with Crippen LogP contribution in [-0.4, -0.2) is 98.9 Å². The van der Waals surface area contributed by atoms with Crippen molar-refractivity contribution in [3.63, 3.8) is 0 Å². The smallest absolute Gasteiger partial charge is 0.457 e. The van der Waals surface area contributed by atoms with E-state index in [1.165, 1.54) is 116 Å². The molecule has 1 aliphatic rings. The van der Waals surface area contributed by atoms with Crippen molar-refractivity contribution in [1.82, 2.24) is 0 Å². The van der Waals surface area contributed by atoms with E-state index in [2.05, 4.69) is 62.5 Å². The average Bonchev–Trinajstić information content (AvgIpc) is 3.29. The molecule has 0 aliphatic heterocycles. The molecular weight excluding hydrogens is 848 g/mol. The SMILES string of the molecule is CCCCC/C=C\C/C=C\CCCCCCCCCCCCOCC(COP(=O)(O)OC1C(O)C(O)C(O)C(O)C1O)OC(=O)CCCCCCCCC/C=C\C/C=C\CCCCCC. The highest BCUT2D eigenvalue weighted by Gasteiger charge is 2.51. The Bertz CT molecular complexity index is 1260. The predicted octanol–water partition coefficient (Wildman–Crippen LogP) is 11.6. The maximum absolute atomic E-state index is 12.9. The van der Waals surface area contributed by atoms with E-state index >= 15 is 0 Å². The number of unbranched alkanes of at least 4 members (excludes halogenated alkanes) is 24. The molecule has 65 heavy (non-hydrogen) atoms. The first-order valence-electron chi connectivity index (χ1n) is 26.0. The second-order valence-electron chi connectivity index (χ2n) is 18.0. The number of carbonyl (C=O) groups excluding carboxylic acids is 1. The van der Waals surface area contributed by atoms with Gasteiger partial charge in [-0.3, -0.25) is 13.8 Å². The van der Waals surface area contributed by atoms with Gasteiger partial charge in [-0.05, 0) is 77.0 Å². The molecule has 6 N–H and O–H groups in total. The van der Waals surface area contributed by atoms with E-state index in [4.69, 9.17) is 18.5 Å². The van der Waals surface area contributed by atoms with Crippen LogP contribution in [0.2, 0.25) is 0 Å². The van der Waals surface area contributed by atoms with E-state index < -0.39 is 63.1 Å². The largest absolute Gasteiger partial charge is 0.472 e. The Morgan fingerprint density at radius 2 is 0.862 bits per heavy atom. The first kappa shape index (κ1) is 61.3. The van der Waals surface area contributed by atoms with Crippen molar-refractivity contribution in [3.8, 4) is 0 Å². The van der Waals surface area contributed by atoms with Crippen LogP contribution in [0, 0.1) is 0 Å². The van der Waals surface area contributed by atoms with Crippen molar-refractivity contribution >= 4 is 13.8 Å². The van der Waals surface area contributed by atoms with Crippen molar-refractivity contribution < 1.29 is 58.3 Å². The monoisotopic (exact) mass is 943 g/mol. The quantitative estimate of drug-likeness (QED) is 0.0147. The molecule has 13 heteroatoms. The van der Waals surface area contributed by atoms with Gasteiger partial charge in [-0.2, -0.15) is 0 Å². The molecule has 6 unspecified atom stereocenters. The van der Waals surface area contributed by atoms with Crippen molar-refractivity contribution in [2.24, 2.45) is 0 Å². The summed E-state index contributed by atoms with van der Waals surface area (Å²) in [6.45, 7) is 4.22. The Balaban J connectivity index is 2.35. The number of aliphatic hydroxyl groups is 5. The number of carbonyl (C=O) groups is 1. The minimum atomic E-state index is -5.03. The molecule has 1 aliphatic carbocycles. The number of rotatable bonds is 44. The first-order chi connectivity index (χ1) is 31.5. The number of hydrogen-bond donors (Lipinski definition) is 6. The number of allylic oxidation sites excluding steroid dienone is 8. The number of ether oxygens (including phenoxy) is 2. The molecule has 0 radical (unpaired) electrons. The van der Waals surface area contributed by atoms with E-state index in [1.54, 1.807) is 0 Å². The zero-order chi connectivity index (χ0) is 47.6. The fourth-order valence-electron chi connectivity index (χ4n) is 7.77.